The molecule has 0 radical (unpaired) electrons. The Labute approximate surface area is 61.9 Å². The third-order valence-corrected chi connectivity index (χ3v) is 1.84. The summed E-state index contributed by atoms with van der Waals surface area (Å²) in [6.45, 7) is 0. The van der Waals surface area contributed by atoms with Crippen LogP contribution in [0.2, 0.25) is 0 Å². The third-order valence-electron chi connectivity index (χ3n) is 1.03. The van der Waals surface area contributed by atoms with E-state index in [1.807, 2.05) is 0 Å². The van der Waals surface area contributed by atoms with Gasteiger partial charge in [0, 0.05) is 22.8 Å². The van der Waals surface area contributed by atoms with E-state index in [1.165, 1.54) is 6.26 Å². The molecule has 0 heterocycles. The molecule has 0 bridgehead atoms. The Hall–Kier alpha value is -0.420. The smallest absolute Gasteiger partial charge is 0.320 e. The molecule has 0 saturated carbocycles. The quantitative estimate of drug-likeness (QED) is 0.569. The van der Waals surface area contributed by atoms with Crippen LogP contribution in [-0.4, -0.2) is 33.3 Å². The fourth-order valence-corrected chi connectivity index (χ4v) is 1.00. The largest absolute Gasteiger partial charge is 0.480 e. The molecule has 0 saturated heterocycles. The molecular formula is C5H11NO3S. The van der Waals surface area contributed by atoms with Crippen LogP contribution in [0, 0.1) is 0 Å². The minimum Gasteiger partial charge on any atom is -0.480 e. The van der Waals surface area contributed by atoms with Crippen molar-refractivity contribution in [3.8, 4) is 0 Å². The summed E-state index contributed by atoms with van der Waals surface area (Å²) in [5.41, 5.74) is 5.13. The molecule has 60 valence electrons. The van der Waals surface area contributed by atoms with Crippen molar-refractivity contribution in [1.29, 1.82) is 0 Å². The molecule has 0 aromatic rings. The lowest BCUT2D eigenvalue weighted by molar-refractivity contribution is -0.138. The van der Waals surface area contributed by atoms with Crippen LogP contribution < -0.4 is 5.73 Å². The highest BCUT2D eigenvalue weighted by molar-refractivity contribution is 7.84. The van der Waals surface area contributed by atoms with Gasteiger partial charge in [0.15, 0.2) is 0 Å². The maximum atomic E-state index is 10.4. The van der Waals surface area contributed by atoms with Crippen LogP contribution in [0.5, 0.6) is 0 Å². The van der Waals surface area contributed by atoms with Crippen molar-refractivity contribution in [2.75, 3.05) is 12.0 Å². The number of hydrogen-bond acceptors (Lipinski definition) is 3. The molecule has 0 amide bonds. The van der Waals surface area contributed by atoms with Gasteiger partial charge in [-0.15, -0.1) is 0 Å². The van der Waals surface area contributed by atoms with Crippen molar-refractivity contribution < 1.29 is 14.1 Å². The predicted molar refractivity (Wildman–Crippen MR) is 39.2 cm³/mol. The van der Waals surface area contributed by atoms with Crippen molar-refractivity contribution in [2.45, 2.75) is 12.5 Å². The van der Waals surface area contributed by atoms with E-state index in [9.17, 15) is 9.00 Å². The highest BCUT2D eigenvalue weighted by atomic mass is 32.2. The van der Waals surface area contributed by atoms with Crippen LogP contribution in [0.15, 0.2) is 0 Å². The van der Waals surface area contributed by atoms with E-state index in [0.717, 1.165) is 0 Å². The van der Waals surface area contributed by atoms with Crippen molar-refractivity contribution in [2.24, 2.45) is 5.73 Å². The molecule has 0 rings (SSSR count). The first kappa shape index (κ1) is 9.58. The number of rotatable bonds is 4. The molecule has 3 N–H and O–H groups in total. The molecule has 0 aliphatic rings. The maximum absolute atomic E-state index is 10.4. The number of aliphatic carboxylic acids is 1. The summed E-state index contributed by atoms with van der Waals surface area (Å²) in [7, 11) is -0.946. The maximum Gasteiger partial charge on any atom is 0.320 e. The number of carboxylic acid groups (broad SMARTS) is 1. The fourth-order valence-electron chi connectivity index (χ4n) is 0.416. The van der Waals surface area contributed by atoms with Gasteiger partial charge in [0.1, 0.15) is 6.04 Å². The molecule has 2 atom stereocenters. The van der Waals surface area contributed by atoms with Gasteiger partial charge >= 0.3 is 5.97 Å². The molecule has 0 aliphatic carbocycles. The zero-order valence-electron chi connectivity index (χ0n) is 5.74. The zero-order valence-corrected chi connectivity index (χ0v) is 6.56. The second-order valence-corrected chi connectivity index (χ2v) is 3.57. The first-order chi connectivity index (χ1) is 4.54. The molecule has 0 aromatic heterocycles. The normalized spacial score (nSPS) is 16.2. The van der Waals surface area contributed by atoms with Crippen LogP contribution >= 0.6 is 0 Å². The van der Waals surface area contributed by atoms with Crippen molar-refractivity contribution >= 4 is 16.8 Å². The van der Waals surface area contributed by atoms with E-state index >= 15 is 0 Å². The Balaban J connectivity index is 3.49. The van der Waals surface area contributed by atoms with Gasteiger partial charge in [-0.05, 0) is 6.42 Å². The van der Waals surface area contributed by atoms with E-state index in [2.05, 4.69) is 0 Å². The number of nitrogens with two attached hydrogens (primary N) is 1. The van der Waals surface area contributed by atoms with Crippen LogP contribution in [-0.2, 0) is 15.6 Å². The Morgan fingerprint density at radius 2 is 2.30 bits per heavy atom. The van der Waals surface area contributed by atoms with Gasteiger partial charge in [0.25, 0.3) is 0 Å². The van der Waals surface area contributed by atoms with E-state index in [1.54, 1.807) is 0 Å². The molecule has 4 nitrogen and oxygen atoms in total. The van der Waals surface area contributed by atoms with Crippen molar-refractivity contribution in [1.82, 2.24) is 0 Å². The number of hydrogen-bond donors (Lipinski definition) is 2. The van der Waals surface area contributed by atoms with Gasteiger partial charge in [0.2, 0.25) is 0 Å². The van der Waals surface area contributed by atoms with Crippen molar-refractivity contribution in [3.63, 3.8) is 0 Å². The summed E-state index contributed by atoms with van der Waals surface area (Å²) in [5, 5.41) is 8.27. The summed E-state index contributed by atoms with van der Waals surface area (Å²) in [5.74, 6) is -0.682. The summed E-state index contributed by atoms with van der Waals surface area (Å²) >= 11 is 0. The lowest BCUT2D eigenvalue weighted by Gasteiger charge is -2.02. The standard InChI is InChI=1S/C5H11NO3S/c1-10(9)3-2-4(6)5(7)8/h4H,2-3,6H2,1H3,(H,7,8)/t4?,10-/m0/s1. The Bertz CT molecular complexity index is 148. The summed E-state index contributed by atoms with van der Waals surface area (Å²) in [4.78, 5) is 10.1. The lowest BCUT2D eigenvalue weighted by Crippen LogP contribution is -2.31. The molecule has 5 heteroatoms. The first-order valence-corrected chi connectivity index (χ1v) is 4.55. The van der Waals surface area contributed by atoms with Gasteiger partial charge in [-0.2, -0.15) is 0 Å². The van der Waals surface area contributed by atoms with E-state index in [-0.39, 0.29) is 6.42 Å². The third kappa shape index (κ3) is 4.46. The Morgan fingerprint density at radius 3 is 2.60 bits per heavy atom. The molecule has 0 fully saturated rings. The van der Waals surface area contributed by atoms with Crippen LogP contribution in [0.3, 0.4) is 0 Å². The van der Waals surface area contributed by atoms with Crippen LogP contribution in [0.4, 0.5) is 0 Å². The summed E-state index contributed by atoms with van der Waals surface area (Å²) in [6, 6.07) is -0.871. The second-order valence-electron chi connectivity index (χ2n) is 2.01. The summed E-state index contributed by atoms with van der Waals surface area (Å²) in [6.07, 6.45) is 1.80. The van der Waals surface area contributed by atoms with Gasteiger partial charge in [-0.25, -0.2) is 0 Å². The molecule has 10 heavy (non-hydrogen) atoms. The van der Waals surface area contributed by atoms with Gasteiger partial charge in [-0.3, -0.25) is 9.00 Å². The minimum absolute atomic E-state index is 0.276. The topological polar surface area (TPSA) is 80.4 Å². The monoisotopic (exact) mass is 165 g/mol. The molecule has 0 aromatic carbocycles. The molecule has 1 unspecified atom stereocenters. The molecular weight excluding hydrogens is 154 g/mol. The van der Waals surface area contributed by atoms with Crippen LogP contribution in [0.1, 0.15) is 6.42 Å². The van der Waals surface area contributed by atoms with Gasteiger partial charge in [-0.1, -0.05) is 0 Å². The number of carboxylic acids is 1. The summed E-state index contributed by atoms with van der Waals surface area (Å²) < 4.78 is 10.4. The van der Waals surface area contributed by atoms with Crippen LogP contribution in [0.25, 0.3) is 0 Å². The van der Waals surface area contributed by atoms with Gasteiger partial charge < -0.3 is 10.8 Å². The van der Waals surface area contributed by atoms with E-state index in [4.69, 9.17) is 10.8 Å². The van der Waals surface area contributed by atoms with E-state index in [0.29, 0.717) is 5.75 Å². The highest BCUT2D eigenvalue weighted by Crippen LogP contribution is 1.89. The molecule has 0 aliphatic heterocycles. The highest BCUT2D eigenvalue weighted by Gasteiger charge is 2.10. The zero-order chi connectivity index (χ0) is 8.15. The SMILES string of the molecule is C[S@](=O)CCC(N)C(=O)O. The number of carbonyl (C=O) groups is 1. The first-order valence-electron chi connectivity index (χ1n) is 2.82. The predicted octanol–water partition coefficient (Wildman–Crippen LogP) is -0.833. The lowest BCUT2D eigenvalue weighted by atomic mass is 10.2. The second kappa shape index (κ2) is 4.40. The molecule has 0 spiro atoms. The fraction of sp³-hybridized carbons (Fsp3) is 0.800. The average molecular weight is 165 g/mol. The van der Waals surface area contributed by atoms with E-state index < -0.39 is 22.8 Å². The Kier molecular flexibility index (Phi) is 4.22. The minimum atomic E-state index is -1.04. The van der Waals surface area contributed by atoms with Crippen molar-refractivity contribution in [3.05, 3.63) is 0 Å². The van der Waals surface area contributed by atoms with Gasteiger partial charge in [0.05, 0.1) is 0 Å². The Morgan fingerprint density at radius 1 is 1.80 bits per heavy atom. The average Bonchev–Trinajstić information content (AvgIpc) is 1.82.